The third-order valence-corrected chi connectivity index (χ3v) is 4.09. The lowest BCUT2D eigenvalue weighted by Crippen LogP contribution is -2.37. The van der Waals surface area contributed by atoms with Crippen LogP contribution in [-0.4, -0.2) is 40.7 Å². The standard InChI is InChI=1S/C16H30N4O/c1-3-5-9-15-18-16(21-19-15)13-20(11-6-4-2)12-14-8-7-10-17-14/h14,17H,3-13H2,1-2H3. The van der Waals surface area contributed by atoms with Gasteiger partial charge in [0.25, 0.3) is 0 Å². The van der Waals surface area contributed by atoms with Gasteiger partial charge in [0.1, 0.15) is 0 Å². The Balaban J connectivity index is 1.85. The molecule has 0 aliphatic carbocycles. The molecular formula is C16H30N4O. The summed E-state index contributed by atoms with van der Waals surface area (Å²) in [6, 6.07) is 0.629. The molecule has 1 aliphatic rings. The van der Waals surface area contributed by atoms with Crippen LogP contribution in [0.5, 0.6) is 0 Å². The summed E-state index contributed by atoms with van der Waals surface area (Å²) in [6.45, 7) is 8.57. The van der Waals surface area contributed by atoms with E-state index in [1.165, 1.54) is 32.1 Å². The highest BCUT2D eigenvalue weighted by Crippen LogP contribution is 2.11. The van der Waals surface area contributed by atoms with Crippen molar-refractivity contribution >= 4 is 0 Å². The first-order chi connectivity index (χ1) is 10.3. The molecule has 0 spiro atoms. The highest BCUT2D eigenvalue weighted by Gasteiger charge is 2.19. The fourth-order valence-corrected chi connectivity index (χ4v) is 2.82. The second kappa shape index (κ2) is 9.15. The van der Waals surface area contributed by atoms with Gasteiger partial charge in [0.15, 0.2) is 5.82 Å². The monoisotopic (exact) mass is 294 g/mol. The van der Waals surface area contributed by atoms with Crippen molar-refractivity contribution in [3.05, 3.63) is 11.7 Å². The lowest BCUT2D eigenvalue weighted by Gasteiger charge is -2.23. The van der Waals surface area contributed by atoms with Gasteiger partial charge in [0, 0.05) is 19.0 Å². The molecule has 1 N–H and O–H groups in total. The molecule has 2 heterocycles. The average molecular weight is 294 g/mol. The summed E-state index contributed by atoms with van der Waals surface area (Å²) >= 11 is 0. The van der Waals surface area contributed by atoms with Crippen molar-refractivity contribution in [3.8, 4) is 0 Å². The number of aromatic nitrogens is 2. The van der Waals surface area contributed by atoms with Crippen LogP contribution < -0.4 is 5.32 Å². The molecule has 0 amide bonds. The Bertz CT molecular complexity index is 387. The molecule has 2 rings (SSSR count). The number of hydrogen-bond donors (Lipinski definition) is 1. The molecule has 1 aromatic heterocycles. The van der Waals surface area contributed by atoms with Gasteiger partial charge in [0.05, 0.1) is 6.54 Å². The first kappa shape index (κ1) is 16.4. The number of hydrogen-bond acceptors (Lipinski definition) is 5. The Morgan fingerprint density at radius 1 is 1.29 bits per heavy atom. The lowest BCUT2D eigenvalue weighted by atomic mass is 10.2. The summed E-state index contributed by atoms with van der Waals surface area (Å²) < 4.78 is 5.41. The van der Waals surface area contributed by atoms with Gasteiger partial charge in [-0.1, -0.05) is 31.8 Å². The second-order valence-electron chi connectivity index (χ2n) is 6.09. The van der Waals surface area contributed by atoms with Crippen LogP contribution in [-0.2, 0) is 13.0 Å². The molecule has 5 nitrogen and oxygen atoms in total. The van der Waals surface area contributed by atoms with E-state index in [1.807, 2.05) is 0 Å². The Morgan fingerprint density at radius 3 is 2.86 bits per heavy atom. The van der Waals surface area contributed by atoms with Crippen LogP contribution in [0.1, 0.15) is 64.1 Å². The second-order valence-corrected chi connectivity index (χ2v) is 6.09. The smallest absolute Gasteiger partial charge is 0.240 e. The van der Waals surface area contributed by atoms with Gasteiger partial charge in [-0.3, -0.25) is 4.90 Å². The van der Waals surface area contributed by atoms with Crippen LogP contribution in [0.25, 0.3) is 0 Å². The van der Waals surface area contributed by atoms with Crippen LogP contribution >= 0.6 is 0 Å². The molecular weight excluding hydrogens is 264 g/mol. The predicted molar refractivity (Wildman–Crippen MR) is 84.1 cm³/mol. The fourth-order valence-electron chi connectivity index (χ4n) is 2.82. The summed E-state index contributed by atoms with van der Waals surface area (Å²) in [7, 11) is 0. The zero-order valence-corrected chi connectivity index (χ0v) is 13.6. The highest BCUT2D eigenvalue weighted by atomic mass is 16.5. The third kappa shape index (κ3) is 5.75. The quantitative estimate of drug-likeness (QED) is 0.719. The first-order valence-electron chi connectivity index (χ1n) is 8.59. The number of unbranched alkanes of at least 4 members (excludes halogenated alkanes) is 2. The molecule has 0 aromatic carbocycles. The van der Waals surface area contributed by atoms with E-state index >= 15 is 0 Å². The number of nitrogens with zero attached hydrogens (tertiary/aromatic N) is 3. The van der Waals surface area contributed by atoms with Crippen molar-refractivity contribution < 1.29 is 4.52 Å². The van der Waals surface area contributed by atoms with Gasteiger partial charge in [-0.2, -0.15) is 4.98 Å². The summed E-state index contributed by atoms with van der Waals surface area (Å²) in [6.07, 6.45) is 8.26. The van der Waals surface area contributed by atoms with Crippen molar-refractivity contribution in [2.75, 3.05) is 19.6 Å². The molecule has 0 radical (unpaired) electrons. The first-order valence-corrected chi connectivity index (χ1v) is 8.59. The van der Waals surface area contributed by atoms with Gasteiger partial charge in [-0.15, -0.1) is 0 Å². The average Bonchev–Trinajstić information content (AvgIpc) is 3.14. The van der Waals surface area contributed by atoms with E-state index in [2.05, 4.69) is 34.2 Å². The van der Waals surface area contributed by atoms with Gasteiger partial charge >= 0.3 is 0 Å². The molecule has 1 aromatic rings. The molecule has 1 atom stereocenters. The van der Waals surface area contributed by atoms with Crippen LogP contribution in [0.15, 0.2) is 4.52 Å². The molecule has 0 bridgehead atoms. The van der Waals surface area contributed by atoms with Gasteiger partial charge in [0.2, 0.25) is 5.89 Å². The van der Waals surface area contributed by atoms with Crippen LogP contribution in [0.4, 0.5) is 0 Å². The van der Waals surface area contributed by atoms with Crippen LogP contribution in [0.3, 0.4) is 0 Å². The molecule has 21 heavy (non-hydrogen) atoms. The summed E-state index contributed by atoms with van der Waals surface area (Å²) in [5, 5.41) is 7.66. The summed E-state index contributed by atoms with van der Waals surface area (Å²) in [5.41, 5.74) is 0. The number of aryl methyl sites for hydroxylation is 1. The molecule has 0 saturated carbocycles. The molecule has 1 fully saturated rings. The molecule has 1 unspecified atom stereocenters. The zero-order chi connectivity index (χ0) is 14.9. The van der Waals surface area contributed by atoms with Crippen molar-refractivity contribution in [1.29, 1.82) is 0 Å². The van der Waals surface area contributed by atoms with Crippen molar-refractivity contribution in [2.45, 2.75) is 71.4 Å². The minimum Gasteiger partial charge on any atom is -0.338 e. The number of rotatable bonds is 10. The van der Waals surface area contributed by atoms with Gasteiger partial charge < -0.3 is 9.84 Å². The van der Waals surface area contributed by atoms with Crippen molar-refractivity contribution in [2.24, 2.45) is 0 Å². The maximum Gasteiger partial charge on any atom is 0.240 e. The zero-order valence-electron chi connectivity index (χ0n) is 13.6. The van der Waals surface area contributed by atoms with Crippen LogP contribution in [0, 0.1) is 0 Å². The van der Waals surface area contributed by atoms with E-state index in [1.54, 1.807) is 0 Å². The van der Waals surface area contributed by atoms with Crippen molar-refractivity contribution in [1.82, 2.24) is 20.4 Å². The maximum atomic E-state index is 5.41. The largest absolute Gasteiger partial charge is 0.338 e. The molecule has 1 aliphatic heterocycles. The predicted octanol–water partition coefficient (Wildman–Crippen LogP) is 2.77. The van der Waals surface area contributed by atoms with E-state index in [-0.39, 0.29) is 0 Å². The Hall–Kier alpha value is -0.940. The SMILES string of the molecule is CCCCc1noc(CN(CCCC)CC2CCCN2)n1. The van der Waals surface area contributed by atoms with E-state index in [4.69, 9.17) is 4.52 Å². The Kier molecular flexibility index (Phi) is 7.16. The third-order valence-electron chi connectivity index (χ3n) is 4.09. The van der Waals surface area contributed by atoms with Gasteiger partial charge in [-0.05, 0) is 38.8 Å². The Morgan fingerprint density at radius 2 is 2.14 bits per heavy atom. The normalized spacial score (nSPS) is 18.7. The summed E-state index contributed by atoms with van der Waals surface area (Å²) in [5.74, 6) is 1.64. The minimum absolute atomic E-state index is 0.629. The van der Waals surface area contributed by atoms with Crippen LogP contribution in [0.2, 0.25) is 0 Å². The molecule has 5 heteroatoms. The maximum absolute atomic E-state index is 5.41. The van der Waals surface area contributed by atoms with Crippen molar-refractivity contribution in [3.63, 3.8) is 0 Å². The fraction of sp³-hybridized carbons (Fsp3) is 0.875. The molecule has 1 saturated heterocycles. The van der Waals surface area contributed by atoms with E-state index in [0.29, 0.717) is 6.04 Å². The topological polar surface area (TPSA) is 54.2 Å². The lowest BCUT2D eigenvalue weighted by molar-refractivity contribution is 0.206. The molecule has 120 valence electrons. The number of nitrogens with one attached hydrogen (secondary N) is 1. The van der Waals surface area contributed by atoms with Gasteiger partial charge in [-0.25, -0.2) is 0 Å². The summed E-state index contributed by atoms with van der Waals surface area (Å²) in [4.78, 5) is 6.99. The van der Waals surface area contributed by atoms with E-state index < -0.39 is 0 Å². The van der Waals surface area contributed by atoms with E-state index in [9.17, 15) is 0 Å². The Labute approximate surface area is 128 Å². The van der Waals surface area contributed by atoms with E-state index in [0.717, 1.165) is 50.7 Å². The highest BCUT2D eigenvalue weighted by molar-refractivity contribution is 4.88. The minimum atomic E-state index is 0.629.